The molecule has 0 amide bonds. The van der Waals surface area contributed by atoms with Crippen molar-refractivity contribution in [2.75, 3.05) is 6.61 Å². The number of nitrogens with zero attached hydrogens (tertiary/aromatic N) is 3. The number of nitrogens with two attached hydrogens (primary N) is 1. The van der Waals surface area contributed by atoms with Crippen molar-refractivity contribution < 1.29 is 4.74 Å². The van der Waals surface area contributed by atoms with Gasteiger partial charge in [-0.3, -0.25) is 4.98 Å². The highest BCUT2D eigenvalue weighted by molar-refractivity contribution is 5.58. The molecule has 0 radical (unpaired) electrons. The van der Waals surface area contributed by atoms with Crippen molar-refractivity contribution in [1.82, 2.24) is 14.6 Å². The Balaban J connectivity index is 1.83. The predicted octanol–water partition coefficient (Wildman–Crippen LogP) is 2.10. The number of benzene rings is 1. The minimum absolute atomic E-state index is 0.264. The lowest BCUT2D eigenvalue weighted by Crippen LogP contribution is -2.17. The third-order valence-corrected chi connectivity index (χ3v) is 3.99. The highest BCUT2D eigenvalue weighted by atomic mass is 16.5. The van der Waals surface area contributed by atoms with Gasteiger partial charge in [0, 0.05) is 23.5 Å². The Labute approximate surface area is 122 Å². The quantitative estimate of drug-likeness (QED) is 0.780. The Hall–Kier alpha value is -2.40. The number of aryl methyl sites for hydroxylation is 1. The van der Waals surface area contributed by atoms with E-state index in [1.165, 1.54) is 5.56 Å². The van der Waals surface area contributed by atoms with Crippen molar-refractivity contribution in [3.63, 3.8) is 0 Å². The SMILES string of the molecule is NC(c1cccc2c1OCCC2)c1cnn2ccncc12. The van der Waals surface area contributed by atoms with Crippen molar-refractivity contribution in [3.8, 4) is 5.75 Å². The van der Waals surface area contributed by atoms with Crippen LogP contribution in [0.15, 0.2) is 43.0 Å². The zero-order valence-electron chi connectivity index (χ0n) is 11.6. The van der Waals surface area contributed by atoms with Gasteiger partial charge in [0.1, 0.15) is 5.75 Å². The molecule has 4 rings (SSSR count). The molecule has 5 heteroatoms. The standard InChI is InChI=1S/C16H16N4O/c17-15(13-9-19-20-7-6-18-10-14(13)20)12-5-1-3-11-4-2-8-21-16(11)12/h1,3,5-7,9-10,15H,2,4,8,17H2. The Bertz CT molecular complexity index is 796. The normalized spacial score (nSPS) is 15.5. The summed E-state index contributed by atoms with van der Waals surface area (Å²) in [5.41, 5.74) is 10.6. The second-order valence-electron chi connectivity index (χ2n) is 5.27. The van der Waals surface area contributed by atoms with Gasteiger partial charge < -0.3 is 10.5 Å². The predicted molar refractivity (Wildman–Crippen MR) is 79.3 cm³/mol. The maximum atomic E-state index is 6.49. The van der Waals surface area contributed by atoms with Crippen molar-refractivity contribution in [1.29, 1.82) is 0 Å². The summed E-state index contributed by atoms with van der Waals surface area (Å²) < 4.78 is 7.65. The molecule has 3 aromatic rings. The van der Waals surface area contributed by atoms with Crippen LogP contribution in [-0.2, 0) is 6.42 Å². The Morgan fingerprint density at radius 2 is 2.19 bits per heavy atom. The van der Waals surface area contributed by atoms with E-state index >= 15 is 0 Å². The fourth-order valence-electron chi connectivity index (χ4n) is 2.92. The molecular formula is C16H16N4O. The molecule has 1 atom stereocenters. The van der Waals surface area contributed by atoms with Gasteiger partial charge in [-0.15, -0.1) is 0 Å². The molecule has 0 bridgehead atoms. The molecule has 0 aliphatic carbocycles. The number of hydrogen-bond acceptors (Lipinski definition) is 4. The molecule has 0 fully saturated rings. The molecule has 2 N–H and O–H groups in total. The molecule has 1 unspecified atom stereocenters. The summed E-state index contributed by atoms with van der Waals surface area (Å²) in [6, 6.07) is 5.93. The third kappa shape index (κ3) is 1.97. The van der Waals surface area contributed by atoms with Gasteiger partial charge in [-0.05, 0) is 18.4 Å². The number of ether oxygens (including phenoxy) is 1. The zero-order chi connectivity index (χ0) is 14.2. The number of fused-ring (bicyclic) bond motifs is 2. The Morgan fingerprint density at radius 3 is 3.14 bits per heavy atom. The van der Waals surface area contributed by atoms with Gasteiger partial charge >= 0.3 is 0 Å². The molecule has 21 heavy (non-hydrogen) atoms. The molecule has 0 spiro atoms. The van der Waals surface area contributed by atoms with E-state index in [9.17, 15) is 0 Å². The highest BCUT2D eigenvalue weighted by Gasteiger charge is 2.22. The molecule has 5 nitrogen and oxygen atoms in total. The number of hydrogen-bond donors (Lipinski definition) is 1. The van der Waals surface area contributed by atoms with Crippen LogP contribution >= 0.6 is 0 Å². The maximum Gasteiger partial charge on any atom is 0.127 e. The van der Waals surface area contributed by atoms with Crippen LogP contribution in [0.25, 0.3) is 5.52 Å². The first-order chi connectivity index (χ1) is 10.3. The second kappa shape index (κ2) is 4.86. The number of para-hydroxylation sites is 1. The van der Waals surface area contributed by atoms with E-state index in [0.717, 1.165) is 41.8 Å². The smallest absolute Gasteiger partial charge is 0.127 e. The van der Waals surface area contributed by atoms with E-state index in [4.69, 9.17) is 10.5 Å². The van der Waals surface area contributed by atoms with Crippen molar-refractivity contribution in [2.45, 2.75) is 18.9 Å². The van der Waals surface area contributed by atoms with E-state index in [2.05, 4.69) is 16.1 Å². The monoisotopic (exact) mass is 280 g/mol. The van der Waals surface area contributed by atoms with Gasteiger partial charge in [0.25, 0.3) is 0 Å². The number of aromatic nitrogens is 3. The average molecular weight is 280 g/mol. The third-order valence-electron chi connectivity index (χ3n) is 3.99. The van der Waals surface area contributed by atoms with Gasteiger partial charge in [-0.1, -0.05) is 18.2 Å². The lowest BCUT2D eigenvalue weighted by atomic mass is 9.95. The minimum Gasteiger partial charge on any atom is -0.493 e. The van der Waals surface area contributed by atoms with Crippen LogP contribution in [0.1, 0.15) is 29.2 Å². The zero-order valence-corrected chi connectivity index (χ0v) is 11.6. The minimum atomic E-state index is -0.264. The van der Waals surface area contributed by atoms with E-state index in [1.54, 1.807) is 16.9 Å². The van der Waals surface area contributed by atoms with E-state index in [0.29, 0.717) is 0 Å². The van der Waals surface area contributed by atoms with Crippen LogP contribution in [0.2, 0.25) is 0 Å². The van der Waals surface area contributed by atoms with Gasteiger partial charge in [-0.25, -0.2) is 4.52 Å². The summed E-state index contributed by atoms with van der Waals surface area (Å²) in [6.45, 7) is 0.757. The summed E-state index contributed by atoms with van der Waals surface area (Å²) in [6.07, 6.45) is 9.24. The lowest BCUT2D eigenvalue weighted by Gasteiger charge is -2.23. The van der Waals surface area contributed by atoms with Crippen molar-refractivity contribution in [2.24, 2.45) is 5.73 Å². The van der Waals surface area contributed by atoms with Crippen LogP contribution in [0.4, 0.5) is 0 Å². The topological polar surface area (TPSA) is 65.4 Å². The van der Waals surface area contributed by atoms with Crippen LogP contribution in [0.3, 0.4) is 0 Å². The summed E-state index contributed by atoms with van der Waals surface area (Å²) in [5.74, 6) is 0.944. The molecule has 2 aromatic heterocycles. The van der Waals surface area contributed by atoms with Gasteiger partial charge in [0.05, 0.1) is 30.6 Å². The molecule has 106 valence electrons. The number of rotatable bonds is 2. The largest absolute Gasteiger partial charge is 0.493 e. The summed E-state index contributed by atoms with van der Waals surface area (Å²) in [5, 5.41) is 4.33. The average Bonchev–Trinajstić information content (AvgIpc) is 2.98. The first-order valence-corrected chi connectivity index (χ1v) is 7.12. The van der Waals surface area contributed by atoms with Crippen molar-refractivity contribution in [3.05, 3.63) is 59.7 Å². The molecule has 1 aromatic carbocycles. The first kappa shape index (κ1) is 12.3. The fourth-order valence-corrected chi connectivity index (χ4v) is 2.92. The fraction of sp³-hybridized carbons (Fsp3) is 0.250. The molecule has 0 saturated carbocycles. The van der Waals surface area contributed by atoms with E-state index < -0.39 is 0 Å². The summed E-state index contributed by atoms with van der Waals surface area (Å²) in [7, 11) is 0. The maximum absolute atomic E-state index is 6.49. The van der Waals surface area contributed by atoms with Crippen LogP contribution in [-0.4, -0.2) is 21.2 Å². The van der Waals surface area contributed by atoms with E-state index in [-0.39, 0.29) is 6.04 Å². The van der Waals surface area contributed by atoms with E-state index in [1.807, 2.05) is 24.5 Å². The second-order valence-corrected chi connectivity index (χ2v) is 5.27. The highest BCUT2D eigenvalue weighted by Crippen LogP contribution is 2.35. The Morgan fingerprint density at radius 1 is 1.24 bits per heavy atom. The van der Waals surface area contributed by atoms with Gasteiger partial charge in [0.15, 0.2) is 0 Å². The van der Waals surface area contributed by atoms with Crippen LogP contribution < -0.4 is 10.5 Å². The van der Waals surface area contributed by atoms with Crippen molar-refractivity contribution >= 4 is 5.52 Å². The lowest BCUT2D eigenvalue weighted by molar-refractivity contribution is 0.284. The Kier molecular flexibility index (Phi) is 2.86. The molecular weight excluding hydrogens is 264 g/mol. The van der Waals surface area contributed by atoms with Crippen LogP contribution in [0.5, 0.6) is 5.75 Å². The van der Waals surface area contributed by atoms with Crippen LogP contribution in [0, 0.1) is 0 Å². The molecule has 1 aliphatic rings. The van der Waals surface area contributed by atoms with Gasteiger partial charge in [0.2, 0.25) is 0 Å². The summed E-state index contributed by atoms with van der Waals surface area (Å²) >= 11 is 0. The van der Waals surface area contributed by atoms with Gasteiger partial charge in [-0.2, -0.15) is 5.10 Å². The molecule has 0 saturated heterocycles. The first-order valence-electron chi connectivity index (χ1n) is 7.12. The molecule has 1 aliphatic heterocycles. The summed E-state index contributed by atoms with van der Waals surface area (Å²) in [4.78, 5) is 4.16. The molecule has 3 heterocycles.